The number of aryl methyl sites for hydroxylation is 1. The summed E-state index contributed by atoms with van der Waals surface area (Å²) in [4.78, 5) is 4.53. The van der Waals surface area contributed by atoms with Gasteiger partial charge in [0.2, 0.25) is 4.96 Å². The van der Waals surface area contributed by atoms with Gasteiger partial charge < -0.3 is 0 Å². The number of hydrogen-bond acceptors (Lipinski definition) is 5. The van der Waals surface area contributed by atoms with E-state index >= 15 is 0 Å². The molecule has 70 valence electrons. The first kappa shape index (κ1) is 8.60. The van der Waals surface area contributed by atoms with Crippen LogP contribution in [0.2, 0.25) is 0 Å². The molecule has 0 saturated carbocycles. The third-order valence-electron chi connectivity index (χ3n) is 1.54. The summed E-state index contributed by atoms with van der Waals surface area (Å²) in [5, 5.41) is 8.78. The van der Waals surface area contributed by atoms with Crippen molar-refractivity contribution in [2.24, 2.45) is 5.14 Å². The maximum absolute atomic E-state index is 11.1. The molecule has 2 heterocycles. The molecule has 2 rings (SSSR count). The SMILES string of the molecule is Cc1nc2scnn2c1S(N)(=O)=O. The molecule has 0 aliphatic rings. The van der Waals surface area contributed by atoms with E-state index in [4.69, 9.17) is 5.14 Å². The number of aromatic nitrogens is 3. The van der Waals surface area contributed by atoms with Crippen molar-refractivity contribution in [1.82, 2.24) is 14.6 Å². The Balaban J connectivity index is 2.94. The molecule has 13 heavy (non-hydrogen) atoms. The van der Waals surface area contributed by atoms with Gasteiger partial charge in [0.05, 0.1) is 5.69 Å². The van der Waals surface area contributed by atoms with Crippen LogP contribution in [0.3, 0.4) is 0 Å². The zero-order valence-electron chi connectivity index (χ0n) is 6.63. The van der Waals surface area contributed by atoms with Gasteiger partial charge >= 0.3 is 0 Å². The lowest BCUT2D eigenvalue weighted by atomic mass is 10.6. The zero-order valence-corrected chi connectivity index (χ0v) is 8.26. The van der Waals surface area contributed by atoms with E-state index < -0.39 is 10.0 Å². The van der Waals surface area contributed by atoms with Crippen LogP contribution in [0.25, 0.3) is 4.96 Å². The third-order valence-corrected chi connectivity index (χ3v) is 3.22. The number of primary sulfonamides is 1. The predicted octanol–water partition coefficient (Wildman–Crippen LogP) is -0.253. The summed E-state index contributed by atoms with van der Waals surface area (Å²) in [6.07, 6.45) is 0. The van der Waals surface area contributed by atoms with E-state index in [-0.39, 0.29) is 5.03 Å². The van der Waals surface area contributed by atoms with Crippen molar-refractivity contribution in [2.75, 3.05) is 0 Å². The Kier molecular flexibility index (Phi) is 1.65. The Bertz CT molecular complexity index is 552. The van der Waals surface area contributed by atoms with Crippen LogP contribution in [0.4, 0.5) is 0 Å². The Morgan fingerprint density at radius 1 is 1.62 bits per heavy atom. The molecular formula is C5H6N4O2S2. The highest BCUT2D eigenvalue weighted by molar-refractivity contribution is 7.89. The van der Waals surface area contributed by atoms with E-state index in [1.165, 1.54) is 21.4 Å². The quantitative estimate of drug-likeness (QED) is 0.714. The summed E-state index contributed by atoms with van der Waals surface area (Å²) in [7, 11) is -3.74. The first-order chi connectivity index (χ1) is 6.00. The Hall–Kier alpha value is -0.990. The summed E-state index contributed by atoms with van der Waals surface area (Å²) in [6, 6.07) is 0. The van der Waals surface area contributed by atoms with Gasteiger partial charge in [-0.2, -0.15) is 9.61 Å². The van der Waals surface area contributed by atoms with E-state index in [0.29, 0.717) is 10.7 Å². The largest absolute Gasteiger partial charge is 0.257 e. The van der Waals surface area contributed by atoms with Crippen molar-refractivity contribution in [1.29, 1.82) is 0 Å². The van der Waals surface area contributed by atoms with Gasteiger partial charge in [0.15, 0.2) is 5.03 Å². The van der Waals surface area contributed by atoms with Gasteiger partial charge in [-0.25, -0.2) is 18.5 Å². The van der Waals surface area contributed by atoms with Crippen molar-refractivity contribution in [2.45, 2.75) is 11.9 Å². The predicted molar refractivity (Wildman–Crippen MR) is 47.0 cm³/mol. The lowest BCUT2D eigenvalue weighted by molar-refractivity contribution is 0.589. The second-order valence-corrected chi connectivity index (χ2v) is 4.77. The average Bonchev–Trinajstić information content (AvgIpc) is 2.41. The number of fused-ring (bicyclic) bond motifs is 1. The fourth-order valence-corrected chi connectivity index (χ4v) is 2.65. The number of nitrogens with zero attached hydrogens (tertiary/aromatic N) is 3. The summed E-state index contributed by atoms with van der Waals surface area (Å²) < 4.78 is 23.4. The molecule has 0 amide bonds. The highest BCUT2D eigenvalue weighted by Gasteiger charge is 2.20. The number of hydrogen-bond donors (Lipinski definition) is 1. The van der Waals surface area contributed by atoms with E-state index in [1.807, 2.05) is 0 Å². The van der Waals surface area contributed by atoms with Crippen LogP contribution in [-0.4, -0.2) is 23.0 Å². The van der Waals surface area contributed by atoms with E-state index in [9.17, 15) is 8.42 Å². The fourth-order valence-electron chi connectivity index (χ4n) is 1.10. The molecule has 0 aliphatic carbocycles. The van der Waals surface area contributed by atoms with Gasteiger partial charge in [0, 0.05) is 0 Å². The van der Waals surface area contributed by atoms with E-state index in [2.05, 4.69) is 10.1 Å². The highest BCUT2D eigenvalue weighted by Crippen LogP contribution is 2.17. The van der Waals surface area contributed by atoms with Gasteiger partial charge in [-0.05, 0) is 6.92 Å². The molecule has 8 heteroatoms. The van der Waals surface area contributed by atoms with Crippen molar-refractivity contribution in [3.63, 3.8) is 0 Å². The lowest BCUT2D eigenvalue weighted by Crippen LogP contribution is -2.16. The van der Waals surface area contributed by atoms with Crippen LogP contribution in [0.1, 0.15) is 5.69 Å². The average molecular weight is 218 g/mol. The number of imidazole rings is 1. The van der Waals surface area contributed by atoms with Crippen LogP contribution in [-0.2, 0) is 10.0 Å². The molecule has 0 saturated heterocycles. The van der Waals surface area contributed by atoms with E-state index in [0.717, 1.165) is 0 Å². The van der Waals surface area contributed by atoms with Gasteiger partial charge in [-0.3, -0.25) is 0 Å². The molecule has 0 unspecified atom stereocenters. The molecule has 2 aromatic rings. The highest BCUT2D eigenvalue weighted by atomic mass is 32.2. The van der Waals surface area contributed by atoms with Crippen LogP contribution < -0.4 is 5.14 Å². The van der Waals surface area contributed by atoms with Crippen LogP contribution in [0.5, 0.6) is 0 Å². The normalized spacial score (nSPS) is 12.5. The Labute approximate surface area is 78.1 Å². The third kappa shape index (κ3) is 1.23. The van der Waals surface area contributed by atoms with Crippen molar-refractivity contribution in [3.05, 3.63) is 11.2 Å². The number of sulfonamides is 1. The molecule has 0 spiro atoms. The monoisotopic (exact) mass is 218 g/mol. The minimum absolute atomic E-state index is 0.0382. The van der Waals surface area contributed by atoms with Crippen molar-refractivity contribution >= 4 is 26.3 Å². The molecule has 0 radical (unpaired) electrons. The molecule has 2 aromatic heterocycles. The van der Waals surface area contributed by atoms with Gasteiger partial charge in [-0.1, -0.05) is 11.3 Å². The summed E-state index contributed by atoms with van der Waals surface area (Å²) in [6.45, 7) is 1.58. The zero-order chi connectivity index (χ0) is 9.64. The minimum atomic E-state index is -3.74. The second kappa shape index (κ2) is 2.50. The van der Waals surface area contributed by atoms with E-state index in [1.54, 1.807) is 6.92 Å². The Morgan fingerprint density at radius 3 is 2.92 bits per heavy atom. The first-order valence-corrected chi connectivity index (χ1v) is 5.74. The molecular weight excluding hydrogens is 212 g/mol. The number of nitrogens with two attached hydrogens (primary N) is 1. The fraction of sp³-hybridized carbons (Fsp3) is 0.200. The van der Waals surface area contributed by atoms with Crippen LogP contribution in [0.15, 0.2) is 10.5 Å². The van der Waals surface area contributed by atoms with Gasteiger partial charge in [0.25, 0.3) is 10.0 Å². The maximum atomic E-state index is 11.1. The molecule has 2 N–H and O–H groups in total. The van der Waals surface area contributed by atoms with Crippen molar-refractivity contribution in [3.8, 4) is 0 Å². The number of rotatable bonds is 1. The van der Waals surface area contributed by atoms with Gasteiger partial charge in [0.1, 0.15) is 5.51 Å². The summed E-state index contributed by atoms with van der Waals surface area (Å²) >= 11 is 1.26. The second-order valence-electron chi connectivity index (χ2n) is 2.48. The lowest BCUT2D eigenvalue weighted by Gasteiger charge is -1.94. The summed E-state index contributed by atoms with van der Waals surface area (Å²) in [5.74, 6) is 0. The molecule has 6 nitrogen and oxygen atoms in total. The van der Waals surface area contributed by atoms with Crippen LogP contribution in [0, 0.1) is 6.92 Å². The molecule has 0 bridgehead atoms. The molecule has 0 atom stereocenters. The topological polar surface area (TPSA) is 90.3 Å². The summed E-state index contributed by atoms with van der Waals surface area (Å²) in [5.41, 5.74) is 1.89. The molecule has 0 fully saturated rings. The standard InChI is InChI=1S/C5H6N4O2S2/c1-3-4(13(6,10)11)9-5(8-3)12-2-7-9/h2H,1H3,(H2,6,10,11). The molecule has 0 aliphatic heterocycles. The molecule has 0 aromatic carbocycles. The van der Waals surface area contributed by atoms with Gasteiger partial charge in [-0.15, -0.1) is 0 Å². The maximum Gasteiger partial charge on any atom is 0.257 e. The minimum Gasteiger partial charge on any atom is -0.223 e. The van der Waals surface area contributed by atoms with Crippen LogP contribution >= 0.6 is 11.3 Å². The smallest absolute Gasteiger partial charge is 0.223 e. The Morgan fingerprint density at radius 2 is 2.31 bits per heavy atom. The van der Waals surface area contributed by atoms with Crippen molar-refractivity contribution < 1.29 is 8.42 Å². The first-order valence-electron chi connectivity index (χ1n) is 3.32.